The van der Waals surface area contributed by atoms with Gasteiger partial charge >= 0.3 is 0 Å². The summed E-state index contributed by atoms with van der Waals surface area (Å²) in [6, 6.07) is 0.223. The van der Waals surface area contributed by atoms with Crippen LogP contribution in [0.5, 0.6) is 0 Å². The SMILES string of the molecule is O=C1CCCCC1NC1CCC1O. The van der Waals surface area contributed by atoms with Crippen LogP contribution >= 0.6 is 0 Å². The summed E-state index contributed by atoms with van der Waals surface area (Å²) in [7, 11) is 0. The Morgan fingerprint density at radius 1 is 1.23 bits per heavy atom. The van der Waals surface area contributed by atoms with Gasteiger partial charge in [-0.3, -0.25) is 4.79 Å². The third kappa shape index (κ3) is 1.92. The lowest BCUT2D eigenvalue weighted by Gasteiger charge is -2.36. The normalized spacial score (nSPS) is 40.1. The standard InChI is InChI=1S/C10H17NO2/c12-9-4-2-1-3-7(9)11-8-5-6-10(8)13/h7-8,10-11,13H,1-6H2. The fourth-order valence-electron chi connectivity index (χ4n) is 2.09. The van der Waals surface area contributed by atoms with Gasteiger partial charge in [0.15, 0.2) is 0 Å². The molecule has 3 heteroatoms. The van der Waals surface area contributed by atoms with E-state index in [-0.39, 0.29) is 18.2 Å². The fraction of sp³-hybridized carbons (Fsp3) is 0.900. The van der Waals surface area contributed by atoms with Crippen molar-refractivity contribution in [2.45, 2.75) is 56.7 Å². The zero-order chi connectivity index (χ0) is 9.26. The smallest absolute Gasteiger partial charge is 0.149 e. The summed E-state index contributed by atoms with van der Waals surface area (Å²) in [5.41, 5.74) is 0. The van der Waals surface area contributed by atoms with E-state index in [0.29, 0.717) is 5.78 Å². The van der Waals surface area contributed by atoms with E-state index in [1.165, 1.54) is 0 Å². The van der Waals surface area contributed by atoms with E-state index in [9.17, 15) is 9.90 Å². The van der Waals surface area contributed by atoms with Gasteiger partial charge < -0.3 is 10.4 Å². The summed E-state index contributed by atoms with van der Waals surface area (Å²) in [4.78, 5) is 11.4. The van der Waals surface area contributed by atoms with Crippen molar-refractivity contribution < 1.29 is 9.90 Å². The molecule has 0 saturated heterocycles. The minimum absolute atomic E-state index is 0.0358. The van der Waals surface area contributed by atoms with Gasteiger partial charge in [0.2, 0.25) is 0 Å². The number of hydrogen-bond donors (Lipinski definition) is 2. The predicted molar refractivity (Wildman–Crippen MR) is 49.4 cm³/mol. The Bertz CT molecular complexity index is 205. The maximum Gasteiger partial charge on any atom is 0.149 e. The van der Waals surface area contributed by atoms with Crippen molar-refractivity contribution in [3.05, 3.63) is 0 Å². The molecule has 2 N–H and O–H groups in total. The number of rotatable bonds is 2. The number of Topliss-reactive ketones (excluding diaryl/α,β-unsaturated/α-hetero) is 1. The van der Waals surface area contributed by atoms with Crippen molar-refractivity contribution in [3.8, 4) is 0 Å². The van der Waals surface area contributed by atoms with Crippen LogP contribution in [0.4, 0.5) is 0 Å². The summed E-state index contributed by atoms with van der Waals surface area (Å²) in [5.74, 6) is 0.338. The number of nitrogens with one attached hydrogen (secondary N) is 1. The summed E-state index contributed by atoms with van der Waals surface area (Å²) in [6.07, 6.45) is 5.57. The van der Waals surface area contributed by atoms with Gasteiger partial charge in [-0.15, -0.1) is 0 Å². The van der Waals surface area contributed by atoms with E-state index in [0.717, 1.165) is 38.5 Å². The highest BCUT2D eigenvalue weighted by Crippen LogP contribution is 2.22. The Kier molecular flexibility index (Phi) is 2.65. The van der Waals surface area contributed by atoms with E-state index < -0.39 is 0 Å². The number of carbonyl (C=O) groups is 1. The number of ketones is 1. The maximum absolute atomic E-state index is 11.4. The third-order valence-corrected chi connectivity index (χ3v) is 3.21. The second-order valence-corrected chi connectivity index (χ2v) is 4.18. The molecule has 0 bridgehead atoms. The molecule has 2 saturated carbocycles. The fourth-order valence-corrected chi connectivity index (χ4v) is 2.09. The van der Waals surface area contributed by atoms with Gasteiger partial charge in [-0.1, -0.05) is 6.42 Å². The van der Waals surface area contributed by atoms with Crippen molar-refractivity contribution >= 4 is 5.78 Å². The quantitative estimate of drug-likeness (QED) is 0.659. The van der Waals surface area contributed by atoms with E-state index in [1.54, 1.807) is 0 Å². The molecule has 3 nitrogen and oxygen atoms in total. The maximum atomic E-state index is 11.4. The van der Waals surface area contributed by atoms with Crippen LogP contribution in [-0.4, -0.2) is 29.1 Å². The van der Waals surface area contributed by atoms with Gasteiger partial charge in [-0.2, -0.15) is 0 Å². The van der Waals surface area contributed by atoms with Crippen molar-refractivity contribution in [1.82, 2.24) is 5.32 Å². The first-order valence-corrected chi connectivity index (χ1v) is 5.24. The lowest BCUT2D eigenvalue weighted by molar-refractivity contribution is -0.123. The van der Waals surface area contributed by atoms with Crippen molar-refractivity contribution in [1.29, 1.82) is 0 Å². The Balaban J connectivity index is 1.82. The van der Waals surface area contributed by atoms with Crippen LogP contribution in [0.15, 0.2) is 0 Å². The van der Waals surface area contributed by atoms with Crippen molar-refractivity contribution in [3.63, 3.8) is 0 Å². The van der Waals surface area contributed by atoms with Crippen molar-refractivity contribution in [2.75, 3.05) is 0 Å². The highest BCUT2D eigenvalue weighted by Gasteiger charge is 2.33. The summed E-state index contributed by atoms with van der Waals surface area (Å²) in [6.45, 7) is 0. The summed E-state index contributed by atoms with van der Waals surface area (Å²) in [5, 5.41) is 12.6. The molecule has 0 aromatic heterocycles. The zero-order valence-electron chi connectivity index (χ0n) is 7.83. The lowest BCUT2D eigenvalue weighted by Crippen LogP contribution is -2.54. The lowest BCUT2D eigenvalue weighted by atomic mass is 9.86. The van der Waals surface area contributed by atoms with Crippen LogP contribution in [-0.2, 0) is 4.79 Å². The first-order chi connectivity index (χ1) is 6.27. The first kappa shape index (κ1) is 9.16. The number of hydrogen-bond acceptors (Lipinski definition) is 3. The first-order valence-electron chi connectivity index (χ1n) is 5.24. The van der Waals surface area contributed by atoms with Gasteiger partial charge in [0, 0.05) is 12.5 Å². The molecule has 0 aliphatic heterocycles. The van der Waals surface area contributed by atoms with E-state index >= 15 is 0 Å². The monoisotopic (exact) mass is 183 g/mol. The molecule has 2 rings (SSSR count). The number of carbonyl (C=O) groups excluding carboxylic acids is 1. The molecule has 0 amide bonds. The average Bonchev–Trinajstić information content (AvgIpc) is 2.14. The minimum Gasteiger partial charge on any atom is -0.392 e. The van der Waals surface area contributed by atoms with Crippen LogP contribution in [0.25, 0.3) is 0 Å². The molecule has 0 aromatic carbocycles. The van der Waals surface area contributed by atoms with Gasteiger partial charge in [0.25, 0.3) is 0 Å². The Morgan fingerprint density at radius 2 is 2.08 bits per heavy atom. The topological polar surface area (TPSA) is 49.3 Å². The van der Waals surface area contributed by atoms with Crippen LogP contribution in [0.3, 0.4) is 0 Å². The van der Waals surface area contributed by atoms with Crippen LogP contribution in [0.1, 0.15) is 38.5 Å². The summed E-state index contributed by atoms with van der Waals surface area (Å²) >= 11 is 0. The molecule has 0 radical (unpaired) electrons. The largest absolute Gasteiger partial charge is 0.392 e. The van der Waals surface area contributed by atoms with Crippen molar-refractivity contribution in [2.24, 2.45) is 0 Å². The molecular formula is C10H17NO2. The Hall–Kier alpha value is -0.410. The van der Waals surface area contributed by atoms with Gasteiger partial charge in [0.1, 0.15) is 5.78 Å². The average molecular weight is 183 g/mol. The number of aliphatic hydroxyl groups is 1. The van der Waals surface area contributed by atoms with Gasteiger partial charge in [-0.25, -0.2) is 0 Å². The predicted octanol–water partition coefficient (Wildman–Crippen LogP) is 0.611. The van der Waals surface area contributed by atoms with Crippen LogP contribution in [0.2, 0.25) is 0 Å². The Morgan fingerprint density at radius 3 is 2.62 bits per heavy atom. The van der Waals surface area contributed by atoms with Crippen LogP contribution in [0, 0.1) is 0 Å². The van der Waals surface area contributed by atoms with E-state index in [4.69, 9.17) is 0 Å². The van der Waals surface area contributed by atoms with Gasteiger partial charge in [0.05, 0.1) is 12.1 Å². The molecular weight excluding hydrogens is 166 g/mol. The van der Waals surface area contributed by atoms with Crippen LogP contribution < -0.4 is 5.32 Å². The van der Waals surface area contributed by atoms with E-state index in [1.807, 2.05) is 0 Å². The molecule has 2 aliphatic carbocycles. The molecule has 0 spiro atoms. The summed E-state index contributed by atoms with van der Waals surface area (Å²) < 4.78 is 0. The highest BCUT2D eigenvalue weighted by molar-refractivity contribution is 5.84. The second-order valence-electron chi connectivity index (χ2n) is 4.18. The molecule has 0 aromatic rings. The molecule has 13 heavy (non-hydrogen) atoms. The molecule has 3 unspecified atom stereocenters. The molecule has 2 fully saturated rings. The zero-order valence-corrected chi connectivity index (χ0v) is 7.83. The Labute approximate surface area is 78.5 Å². The molecule has 2 aliphatic rings. The van der Waals surface area contributed by atoms with Gasteiger partial charge in [-0.05, 0) is 25.7 Å². The molecule has 74 valence electrons. The number of aliphatic hydroxyl groups excluding tert-OH is 1. The van der Waals surface area contributed by atoms with E-state index in [2.05, 4.69) is 5.32 Å². The highest BCUT2D eigenvalue weighted by atomic mass is 16.3. The molecule has 0 heterocycles. The second kappa shape index (κ2) is 3.76. The molecule has 3 atom stereocenters. The minimum atomic E-state index is -0.213. The third-order valence-electron chi connectivity index (χ3n) is 3.21.